The van der Waals surface area contributed by atoms with Crippen LogP contribution >= 0.6 is 0 Å². The molecule has 7 nitrogen and oxygen atoms in total. The van der Waals surface area contributed by atoms with Crippen molar-refractivity contribution in [2.45, 2.75) is 64.7 Å². The molecule has 0 radical (unpaired) electrons. The minimum absolute atomic E-state index is 0.199. The third-order valence-electron chi connectivity index (χ3n) is 9.07. The minimum atomic E-state index is -0.852. The van der Waals surface area contributed by atoms with Crippen LogP contribution in [0.3, 0.4) is 0 Å². The van der Waals surface area contributed by atoms with Gasteiger partial charge in [0, 0.05) is 10.8 Å². The summed E-state index contributed by atoms with van der Waals surface area (Å²) in [6, 6.07) is 37.8. The van der Waals surface area contributed by atoms with Crippen LogP contribution in [-0.4, -0.2) is 19.4 Å². The highest BCUT2D eigenvalue weighted by molar-refractivity contribution is 5.69. The van der Waals surface area contributed by atoms with E-state index in [1.807, 2.05) is 66.7 Å². The number of ether oxygens (including phenoxy) is 5. The standard InChI is InChI=1S/C43H44O7/c1-7-8-12-30-15-28-38(39(29-30)46-6)50-41(45)49-37-26-20-34(21-27-37)43(4,5)33-18-24-36(25-19-33)48-40(44)47-35-22-16-32(17-23-35)42(2,3)31-13-10-9-11-14-31/h9-11,13-29H,7-8,12H2,1-6H3. The number of hydrogen-bond donors (Lipinski definition) is 0. The Balaban J connectivity index is 1.15. The molecule has 0 amide bonds. The van der Waals surface area contributed by atoms with E-state index >= 15 is 0 Å². The van der Waals surface area contributed by atoms with Crippen molar-refractivity contribution >= 4 is 12.3 Å². The lowest BCUT2D eigenvalue weighted by Gasteiger charge is -2.26. The molecular weight excluding hydrogens is 628 g/mol. The van der Waals surface area contributed by atoms with E-state index in [4.69, 9.17) is 23.7 Å². The summed E-state index contributed by atoms with van der Waals surface area (Å²) >= 11 is 0. The molecule has 0 saturated heterocycles. The molecule has 7 heteroatoms. The second kappa shape index (κ2) is 15.8. The fourth-order valence-corrected chi connectivity index (χ4v) is 5.76. The van der Waals surface area contributed by atoms with Gasteiger partial charge in [0.05, 0.1) is 7.11 Å². The van der Waals surface area contributed by atoms with Crippen molar-refractivity contribution in [3.63, 3.8) is 0 Å². The summed E-state index contributed by atoms with van der Waals surface area (Å²) < 4.78 is 27.2. The lowest BCUT2D eigenvalue weighted by molar-refractivity contribution is 0.149. The summed E-state index contributed by atoms with van der Waals surface area (Å²) in [7, 11) is 1.54. The van der Waals surface area contributed by atoms with Gasteiger partial charge in [0.25, 0.3) is 0 Å². The molecule has 5 aromatic rings. The molecule has 0 unspecified atom stereocenters. The van der Waals surface area contributed by atoms with E-state index in [1.165, 1.54) is 5.56 Å². The molecule has 258 valence electrons. The molecule has 5 rings (SSSR count). The zero-order valence-electron chi connectivity index (χ0n) is 29.5. The Morgan fingerprint density at radius 1 is 0.520 bits per heavy atom. The van der Waals surface area contributed by atoms with E-state index in [-0.39, 0.29) is 5.41 Å². The summed E-state index contributed by atoms with van der Waals surface area (Å²) in [6.07, 6.45) is 1.42. The monoisotopic (exact) mass is 672 g/mol. The molecule has 5 aromatic carbocycles. The van der Waals surface area contributed by atoms with E-state index in [2.05, 4.69) is 46.8 Å². The molecule has 0 aromatic heterocycles. The summed E-state index contributed by atoms with van der Waals surface area (Å²) in [5.41, 5.74) is 4.81. The Morgan fingerprint density at radius 2 is 0.940 bits per heavy atom. The highest BCUT2D eigenvalue weighted by Crippen LogP contribution is 2.35. The lowest BCUT2D eigenvalue weighted by Crippen LogP contribution is -2.19. The highest BCUT2D eigenvalue weighted by atomic mass is 16.7. The molecule has 0 aliphatic heterocycles. The fraction of sp³-hybridized carbons (Fsp3) is 0.256. The number of hydrogen-bond acceptors (Lipinski definition) is 7. The third-order valence-corrected chi connectivity index (χ3v) is 9.07. The normalized spacial score (nSPS) is 11.4. The van der Waals surface area contributed by atoms with Gasteiger partial charge in [0.15, 0.2) is 11.5 Å². The van der Waals surface area contributed by atoms with E-state index in [0.29, 0.717) is 28.7 Å². The Bertz CT molecular complexity index is 1880. The summed E-state index contributed by atoms with van der Waals surface area (Å²) in [5, 5.41) is 0. The zero-order valence-corrected chi connectivity index (χ0v) is 29.5. The summed E-state index contributed by atoms with van der Waals surface area (Å²) in [5.74, 6) is 1.90. The maximum atomic E-state index is 12.6. The molecule has 0 spiro atoms. The van der Waals surface area contributed by atoms with Crippen molar-refractivity contribution in [2.24, 2.45) is 0 Å². The lowest BCUT2D eigenvalue weighted by atomic mass is 9.78. The Kier molecular flexibility index (Phi) is 11.3. The van der Waals surface area contributed by atoms with Crippen LogP contribution in [0.4, 0.5) is 9.59 Å². The largest absolute Gasteiger partial charge is 0.519 e. The molecule has 0 fully saturated rings. The van der Waals surface area contributed by atoms with Crippen molar-refractivity contribution in [3.8, 4) is 28.7 Å². The molecule has 0 heterocycles. The van der Waals surface area contributed by atoms with Crippen molar-refractivity contribution in [3.05, 3.63) is 149 Å². The molecule has 0 bridgehead atoms. The predicted molar refractivity (Wildman–Crippen MR) is 195 cm³/mol. The molecule has 0 saturated carbocycles. The van der Waals surface area contributed by atoms with Crippen LogP contribution in [0.1, 0.15) is 75.3 Å². The number of unbranched alkanes of at least 4 members (excludes halogenated alkanes) is 1. The van der Waals surface area contributed by atoms with Crippen LogP contribution in [0.15, 0.2) is 121 Å². The first-order valence-electron chi connectivity index (χ1n) is 16.8. The minimum Gasteiger partial charge on any atom is -0.493 e. The van der Waals surface area contributed by atoms with Gasteiger partial charge in [-0.2, -0.15) is 0 Å². The first-order valence-corrected chi connectivity index (χ1v) is 16.8. The van der Waals surface area contributed by atoms with Crippen LogP contribution < -0.4 is 23.7 Å². The van der Waals surface area contributed by atoms with Gasteiger partial charge in [-0.05, 0) is 89.2 Å². The number of carbonyl (C=O) groups is 2. The second-order valence-corrected chi connectivity index (χ2v) is 13.2. The van der Waals surface area contributed by atoms with Crippen LogP contribution in [0.2, 0.25) is 0 Å². The molecule has 0 aliphatic carbocycles. The van der Waals surface area contributed by atoms with Gasteiger partial charge in [0.2, 0.25) is 0 Å². The highest BCUT2D eigenvalue weighted by Gasteiger charge is 2.25. The van der Waals surface area contributed by atoms with Crippen LogP contribution in [-0.2, 0) is 17.3 Å². The summed E-state index contributed by atoms with van der Waals surface area (Å²) in [6.45, 7) is 10.6. The Hall–Kier alpha value is -5.56. The van der Waals surface area contributed by atoms with Crippen molar-refractivity contribution in [1.82, 2.24) is 0 Å². The molecule has 0 atom stereocenters. The van der Waals surface area contributed by atoms with Gasteiger partial charge >= 0.3 is 12.3 Å². The topological polar surface area (TPSA) is 80.3 Å². The van der Waals surface area contributed by atoms with Crippen molar-refractivity contribution in [1.29, 1.82) is 0 Å². The number of carbonyl (C=O) groups excluding carboxylic acids is 2. The van der Waals surface area contributed by atoms with Gasteiger partial charge in [-0.1, -0.05) is 114 Å². The van der Waals surface area contributed by atoms with E-state index in [9.17, 15) is 9.59 Å². The van der Waals surface area contributed by atoms with Gasteiger partial charge in [0.1, 0.15) is 17.2 Å². The van der Waals surface area contributed by atoms with Gasteiger partial charge in [-0.25, -0.2) is 9.59 Å². The van der Waals surface area contributed by atoms with Crippen LogP contribution in [0, 0.1) is 0 Å². The second-order valence-electron chi connectivity index (χ2n) is 13.2. The van der Waals surface area contributed by atoms with Crippen LogP contribution in [0.25, 0.3) is 0 Å². The number of methoxy groups -OCH3 is 1. The van der Waals surface area contributed by atoms with Crippen molar-refractivity contribution in [2.75, 3.05) is 7.11 Å². The first kappa shape index (κ1) is 35.7. The Labute approximate surface area is 294 Å². The maximum absolute atomic E-state index is 12.6. The number of rotatable bonds is 12. The summed E-state index contributed by atoms with van der Waals surface area (Å²) in [4.78, 5) is 25.2. The fourth-order valence-electron chi connectivity index (χ4n) is 5.76. The van der Waals surface area contributed by atoms with E-state index < -0.39 is 17.7 Å². The Morgan fingerprint density at radius 3 is 1.36 bits per heavy atom. The quantitative estimate of drug-likeness (QED) is 0.0964. The molecule has 0 N–H and O–H groups in total. The van der Waals surface area contributed by atoms with Gasteiger partial charge in [-0.3, -0.25) is 0 Å². The zero-order chi connectivity index (χ0) is 35.7. The average Bonchev–Trinajstić information content (AvgIpc) is 3.12. The SMILES string of the molecule is CCCCc1ccc(OC(=O)Oc2ccc(C(C)(C)c3ccc(OC(=O)Oc4ccc(C(C)(C)c5ccccc5)cc4)cc3)cc2)c(OC)c1. The number of benzene rings is 5. The maximum Gasteiger partial charge on any atom is 0.519 e. The molecule has 50 heavy (non-hydrogen) atoms. The molecule has 0 aliphatic rings. The first-order chi connectivity index (χ1) is 24.0. The smallest absolute Gasteiger partial charge is 0.493 e. The van der Waals surface area contributed by atoms with Crippen molar-refractivity contribution < 1.29 is 33.3 Å². The average molecular weight is 673 g/mol. The van der Waals surface area contributed by atoms with Crippen LogP contribution in [0.5, 0.6) is 28.7 Å². The van der Waals surface area contributed by atoms with Gasteiger partial charge < -0.3 is 23.7 Å². The van der Waals surface area contributed by atoms with E-state index in [1.54, 1.807) is 49.6 Å². The number of aryl methyl sites for hydroxylation is 1. The molecular formula is C43H44O7. The third kappa shape index (κ3) is 8.72. The van der Waals surface area contributed by atoms with E-state index in [0.717, 1.165) is 41.5 Å². The predicted octanol–water partition coefficient (Wildman–Crippen LogP) is 10.8. The van der Waals surface area contributed by atoms with Gasteiger partial charge in [-0.15, -0.1) is 0 Å².